The molecule has 0 aromatic carbocycles. The second-order valence-corrected chi connectivity index (χ2v) is 4.71. The monoisotopic (exact) mass is 247 g/mol. The van der Waals surface area contributed by atoms with E-state index in [0.717, 1.165) is 30.9 Å². The molecule has 2 bridgehead atoms. The van der Waals surface area contributed by atoms with E-state index in [-0.39, 0.29) is 6.04 Å². The number of nitrogens with two attached hydrogens (primary N) is 1. The van der Waals surface area contributed by atoms with Crippen molar-refractivity contribution in [2.24, 2.45) is 0 Å². The summed E-state index contributed by atoms with van der Waals surface area (Å²) in [6.45, 7) is 1.49. The van der Waals surface area contributed by atoms with Crippen LogP contribution < -0.4 is 15.8 Å². The van der Waals surface area contributed by atoms with E-state index in [1.54, 1.807) is 19.4 Å². The van der Waals surface area contributed by atoms with Crippen LogP contribution in [0.1, 0.15) is 12.0 Å². The number of methoxy groups -OCH3 is 1. The molecule has 0 saturated carbocycles. The Labute approximate surface area is 106 Å². The van der Waals surface area contributed by atoms with Gasteiger partial charge in [-0.1, -0.05) is 6.08 Å². The van der Waals surface area contributed by atoms with Gasteiger partial charge in [0.05, 0.1) is 20.3 Å². The van der Waals surface area contributed by atoms with E-state index in [4.69, 9.17) is 15.2 Å². The standard InChI is InChI=1S/C13H17N3O2/c1-17-12-4-13(14)15-5-11(12)8-2-9-6-18-7-10(3-8)16-9/h2,4-5,9-10,16H,3,6-7H2,1H3,(H2,14,15). The normalized spacial score (nSPS) is 26.6. The minimum absolute atomic E-state index is 0.287. The number of nitrogens with one attached hydrogen (secondary N) is 1. The summed E-state index contributed by atoms with van der Waals surface area (Å²) in [6, 6.07) is 2.44. The molecule has 1 aromatic heterocycles. The Morgan fingerprint density at radius 3 is 3.17 bits per heavy atom. The highest BCUT2D eigenvalue weighted by molar-refractivity contribution is 5.72. The second-order valence-electron chi connectivity index (χ2n) is 4.71. The maximum atomic E-state index is 5.68. The third kappa shape index (κ3) is 2.07. The highest BCUT2D eigenvalue weighted by atomic mass is 16.5. The van der Waals surface area contributed by atoms with Gasteiger partial charge in [-0.05, 0) is 12.0 Å². The van der Waals surface area contributed by atoms with Gasteiger partial charge in [0.1, 0.15) is 11.6 Å². The van der Waals surface area contributed by atoms with Crippen LogP contribution in [0.3, 0.4) is 0 Å². The van der Waals surface area contributed by atoms with Gasteiger partial charge in [0.25, 0.3) is 0 Å². The van der Waals surface area contributed by atoms with Crippen molar-refractivity contribution < 1.29 is 9.47 Å². The molecule has 0 aliphatic carbocycles. The van der Waals surface area contributed by atoms with Crippen LogP contribution in [0, 0.1) is 0 Å². The van der Waals surface area contributed by atoms with E-state index in [9.17, 15) is 0 Å². The van der Waals surface area contributed by atoms with Crippen molar-refractivity contribution in [3.63, 3.8) is 0 Å². The van der Waals surface area contributed by atoms with Crippen LogP contribution in [0.25, 0.3) is 5.57 Å². The quantitative estimate of drug-likeness (QED) is 0.809. The van der Waals surface area contributed by atoms with Crippen molar-refractivity contribution >= 4 is 11.4 Å². The fourth-order valence-electron chi connectivity index (χ4n) is 2.59. The molecule has 0 spiro atoms. The van der Waals surface area contributed by atoms with E-state index in [1.165, 1.54) is 5.57 Å². The van der Waals surface area contributed by atoms with Crippen molar-refractivity contribution in [2.75, 3.05) is 26.1 Å². The first-order chi connectivity index (χ1) is 8.76. The number of morpholine rings is 1. The molecule has 1 saturated heterocycles. The molecule has 1 aromatic rings. The smallest absolute Gasteiger partial charge is 0.131 e. The van der Waals surface area contributed by atoms with Crippen LogP contribution in [0.2, 0.25) is 0 Å². The predicted octanol–water partition coefficient (Wildman–Crippen LogP) is 0.816. The van der Waals surface area contributed by atoms with E-state index < -0.39 is 0 Å². The Bertz CT molecular complexity index is 487. The Hall–Kier alpha value is -1.59. The molecule has 5 nitrogen and oxygen atoms in total. The predicted molar refractivity (Wildman–Crippen MR) is 69.3 cm³/mol. The molecule has 2 atom stereocenters. The Balaban J connectivity index is 1.97. The number of hydrogen-bond donors (Lipinski definition) is 2. The van der Waals surface area contributed by atoms with Crippen LogP contribution in [0.5, 0.6) is 5.75 Å². The lowest BCUT2D eigenvalue weighted by atomic mass is 9.92. The largest absolute Gasteiger partial charge is 0.496 e. The molecule has 96 valence electrons. The lowest BCUT2D eigenvalue weighted by Crippen LogP contribution is -2.50. The summed E-state index contributed by atoms with van der Waals surface area (Å²) in [5.74, 6) is 1.27. The molecule has 0 radical (unpaired) electrons. The van der Waals surface area contributed by atoms with Gasteiger partial charge in [0.2, 0.25) is 0 Å². The van der Waals surface area contributed by atoms with Gasteiger partial charge >= 0.3 is 0 Å². The molecule has 3 rings (SSSR count). The first-order valence-electron chi connectivity index (χ1n) is 6.10. The van der Waals surface area contributed by atoms with Crippen LogP contribution in [-0.2, 0) is 4.74 Å². The lowest BCUT2D eigenvalue weighted by molar-refractivity contribution is 0.0561. The Kier molecular flexibility index (Phi) is 2.93. The number of ether oxygens (including phenoxy) is 2. The van der Waals surface area contributed by atoms with Gasteiger partial charge in [-0.2, -0.15) is 0 Å². The van der Waals surface area contributed by atoms with Crippen LogP contribution in [-0.4, -0.2) is 37.4 Å². The molecule has 3 heterocycles. The van der Waals surface area contributed by atoms with Crippen LogP contribution in [0.4, 0.5) is 5.82 Å². The molecule has 2 unspecified atom stereocenters. The summed E-state index contributed by atoms with van der Waals surface area (Å²) in [4.78, 5) is 4.16. The molecule has 3 N–H and O–H groups in total. The number of aromatic nitrogens is 1. The number of hydrogen-bond acceptors (Lipinski definition) is 5. The number of nitrogens with zero attached hydrogens (tertiary/aromatic N) is 1. The fourth-order valence-corrected chi connectivity index (χ4v) is 2.59. The molecule has 1 fully saturated rings. The third-order valence-corrected chi connectivity index (χ3v) is 3.39. The zero-order valence-corrected chi connectivity index (χ0v) is 10.3. The first-order valence-corrected chi connectivity index (χ1v) is 6.10. The fraction of sp³-hybridized carbons (Fsp3) is 0.462. The van der Waals surface area contributed by atoms with E-state index in [2.05, 4.69) is 16.4 Å². The number of fused-ring (bicyclic) bond motifs is 2. The van der Waals surface area contributed by atoms with Gasteiger partial charge in [0.15, 0.2) is 0 Å². The van der Waals surface area contributed by atoms with Gasteiger partial charge in [-0.25, -0.2) is 4.98 Å². The summed E-state index contributed by atoms with van der Waals surface area (Å²) in [7, 11) is 1.66. The maximum Gasteiger partial charge on any atom is 0.131 e. The summed E-state index contributed by atoms with van der Waals surface area (Å²) < 4.78 is 10.9. The van der Waals surface area contributed by atoms with E-state index in [1.807, 2.05) is 0 Å². The van der Waals surface area contributed by atoms with Crippen molar-refractivity contribution in [3.8, 4) is 5.75 Å². The lowest BCUT2D eigenvalue weighted by Gasteiger charge is -2.35. The van der Waals surface area contributed by atoms with E-state index >= 15 is 0 Å². The SMILES string of the molecule is COc1cc(N)ncc1C1=CC2COCC(C1)N2. The van der Waals surface area contributed by atoms with Crippen molar-refractivity contribution in [1.82, 2.24) is 10.3 Å². The molecule has 18 heavy (non-hydrogen) atoms. The molecule has 0 amide bonds. The van der Waals surface area contributed by atoms with E-state index in [0.29, 0.717) is 11.9 Å². The molecular weight excluding hydrogens is 230 g/mol. The van der Waals surface area contributed by atoms with Crippen LogP contribution >= 0.6 is 0 Å². The molecule has 5 heteroatoms. The van der Waals surface area contributed by atoms with Crippen molar-refractivity contribution in [2.45, 2.75) is 18.5 Å². The summed E-state index contributed by atoms with van der Waals surface area (Å²) in [5, 5.41) is 3.51. The maximum absolute atomic E-state index is 5.68. The van der Waals surface area contributed by atoms with Gasteiger partial charge in [-0.15, -0.1) is 0 Å². The zero-order valence-electron chi connectivity index (χ0n) is 10.3. The minimum atomic E-state index is 0.287. The molecule has 2 aliphatic rings. The van der Waals surface area contributed by atoms with Gasteiger partial charge in [0, 0.05) is 29.9 Å². The topological polar surface area (TPSA) is 69.4 Å². The Morgan fingerprint density at radius 2 is 2.39 bits per heavy atom. The number of anilines is 1. The number of rotatable bonds is 2. The van der Waals surface area contributed by atoms with Gasteiger partial charge < -0.3 is 20.5 Å². The first kappa shape index (κ1) is 11.5. The average molecular weight is 247 g/mol. The highest BCUT2D eigenvalue weighted by Crippen LogP contribution is 2.32. The number of pyridine rings is 1. The summed E-state index contributed by atoms with van der Waals surface area (Å²) >= 11 is 0. The second kappa shape index (κ2) is 4.59. The summed E-state index contributed by atoms with van der Waals surface area (Å²) in [5.41, 5.74) is 7.97. The van der Waals surface area contributed by atoms with Crippen LogP contribution in [0.15, 0.2) is 18.3 Å². The highest BCUT2D eigenvalue weighted by Gasteiger charge is 2.27. The minimum Gasteiger partial charge on any atom is -0.496 e. The number of nitrogen functional groups attached to an aromatic ring is 1. The third-order valence-electron chi connectivity index (χ3n) is 3.39. The molecular formula is C13H17N3O2. The van der Waals surface area contributed by atoms with Gasteiger partial charge in [-0.3, -0.25) is 0 Å². The zero-order chi connectivity index (χ0) is 12.5. The summed E-state index contributed by atoms with van der Waals surface area (Å²) in [6.07, 6.45) is 4.92. The van der Waals surface area contributed by atoms with Crippen molar-refractivity contribution in [3.05, 3.63) is 23.9 Å². The Morgan fingerprint density at radius 1 is 1.50 bits per heavy atom. The van der Waals surface area contributed by atoms with Crippen molar-refractivity contribution in [1.29, 1.82) is 0 Å². The molecule has 2 aliphatic heterocycles. The average Bonchev–Trinajstić information content (AvgIpc) is 2.38.